The number of ether oxygens (including phenoxy) is 2. The molecule has 0 bridgehead atoms. The lowest BCUT2D eigenvalue weighted by Gasteiger charge is -2.21. The molecule has 0 unspecified atom stereocenters. The number of hydrogen-bond acceptors (Lipinski definition) is 6. The summed E-state index contributed by atoms with van der Waals surface area (Å²) in [5, 5.41) is 0.317. The number of carbonyl (C=O) groups excluding carboxylic acids is 1. The Hall–Kier alpha value is -2.00. The first-order valence-electron chi connectivity index (χ1n) is 8.49. The summed E-state index contributed by atoms with van der Waals surface area (Å²) in [7, 11) is -1.24. The highest BCUT2D eigenvalue weighted by Crippen LogP contribution is 2.32. The van der Waals surface area contributed by atoms with Crippen LogP contribution in [0.3, 0.4) is 0 Å². The summed E-state index contributed by atoms with van der Waals surface area (Å²) < 4.78 is 40.8. The number of carbonyl (C=O) groups is 1. The fourth-order valence-corrected chi connectivity index (χ4v) is 3.78. The van der Waals surface area contributed by atoms with Gasteiger partial charge in [-0.2, -0.15) is 8.42 Å². The lowest BCUT2D eigenvalue weighted by Crippen LogP contribution is -2.31. The Morgan fingerprint density at radius 2 is 1.76 bits per heavy atom. The largest absolute Gasteiger partial charge is 0.493 e. The number of amides is 1. The van der Waals surface area contributed by atoms with Crippen LogP contribution in [0, 0.1) is 0 Å². The highest BCUT2D eigenvalue weighted by molar-refractivity contribution is 7.87. The van der Waals surface area contributed by atoms with Crippen LogP contribution in [-0.4, -0.2) is 46.6 Å². The molecule has 1 amide bonds. The molecule has 7 nitrogen and oxygen atoms in total. The Bertz CT molecular complexity index is 981. The number of rotatable bonds is 9. The fourth-order valence-electron chi connectivity index (χ4n) is 2.45. The van der Waals surface area contributed by atoms with E-state index >= 15 is 0 Å². The molecule has 0 fully saturated rings. The molecule has 0 heterocycles. The predicted molar refractivity (Wildman–Crippen MR) is 110 cm³/mol. The highest BCUT2D eigenvalue weighted by Gasteiger charge is 2.21. The monoisotopic (exact) mass is 461 g/mol. The second kappa shape index (κ2) is 10.2. The van der Waals surface area contributed by atoms with E-state index in [9.17, 15) is 13.2 Å². The van der Waals surface area contributed by atoms with Crippen molar-refractivity contribution in [3.63, 3.8) is 0 Å². The van der Waals surface area contributed by atoms with Crippen molar-refractivity contribution >= 4 is 39.2 Å². The maximum atomic E-state index is 12.7. The molecule has 0 aliphatic heterocycles. The first-order chi connectivity index (χ1) is 13.7. The third kappa shape index (κ3) is 6.24. The number of nitrogens with zero attached hydrogens (tertiary/aromatic N) is 1. The lowest BCUT2D eigenvalue weighted by molar-refractivity contribution is -0.130. The van der Waals surface area contributed by atoms with Gasteiger partial charge in [0.2, 0.25) is 5.91 Å². The highest BCUT2D eigenvalue weighted by atomic mass is 35.5. The van der Waals surface area contributed by atoms with Crippen molar-refractivity contribution in [2.45, 2.75) is 18.4 Å². The molecule has 0 aliphatic rings. The van der Waals surface area contributed by atoms with Crippen LogP contribution in [-0.2, 0) is 26.2 Å². The van der Waals surface area contributed by atoms with Gasteiger partial charge in [-0.05, 0) is 35.9 Å². The van der Waals surface area contributed by atoms with E-state index in [-0.39, 0.29) is 38.9 Å². The van der Waals surface area contributed by atoms with Crippen LogP contribution >= 0.6 is 23.2 Å². The van der Waals surface area contributed by atoms with E-state index in [1.54, 1.807) is 24.1 Å². The van der Waals surface area contributed by atoms with Crippen molar-refractivity contribution in [1.82, 2.24) is 4.90 Å². The minimum Gasteiger partial charge on any atom is -0.493 e. The molecule has 0 spiro atoms. The van der Waals surface area contributed by atoms with Gasteiger partial charge in [0, 0.05) is 27.1 Å². The summed E-state index contributed by atoms with van der Waals surface area (Å²) in [4.78, 5) is 13.3. The molecule has 0 aliphatic carbocycles. The molecule has 0 saturated carbocycles. The Kier molecular flexibility index (Phi) is 8.15. The first kappa shape index (κ1) is 23.3. The Morgan fingerprint density at radius 3 is 2.34 bits per heavy atom. The fraction of sp³-hybridized carbons (Fsp3) is 0.316. The lowest BCUT2D eigenvalue weighted by atomic mass is 10.2. The topological polar surface area (TPSA) is 82.1 Å². The zero-order valence-corrected chi connectivity index (χ0v) is 18.5. The van der Waals surface area contributed by atoms with Crippen molar-refractivity contribution < 1.29 is 26.9 Å². The minimum absolute atomic E-state index is 0.00804. The molecule has 29 heavy (non-hydrogen) atoms. The molecule has 0 aromatic heterocycles. The first-order valence-corrected chi connectivity index (χ1v) is 10.6. The second-order valence-corrected chi connectivity index (χ2v) is 8.39. The van der Waals surface area contributed by atoms with Gasteiger partial charge in [0.05, 0.1) is 23.8 Å². The molecule has 158 valence electrons. The quantitative estimate of drug-likeness (QED) is 0.528. The normalized spacial score (nSPS) is 11.2. The van der Waals surface area contributed by atoms with Crippen LogP contribution in [0.4, 0.5) is 0 Å². The summed E-state index contributed by atoms with van der Waals surface area (Å²) in [6.07, 6.45) is 0. The zero-order chi connectivity index (χ0) is 21.6. The smallest absolute Gasteiger partial charge is 0.339 e. The van der Waals surface area contributed by atoms with Gasteiger partial charge in [0.25, 0.3) is 0 Å². The molecular weight excluding hydrogens is 441 g/mol. The van der Waals surface area contributed by atoms with E-state index in [0.29, 0.717) is 18.7 Å². The standard InChI is InChI=1S/C19H21Cl2NO6S/c1-13(23)22(8-9-26-2)12-14-4-7-18(27-3)19(10-14)28-29(24,25)15-5-6-16(20)17(21)11-15/h4-7,10-11H,8-9,12H2,1-3H3. The number of halogens is 2. The Labute approximate surface area is 180 Å². The number of benzene rings is 2. The molecule has 0 saturated heterocycles. The van der Waals surface area contributed by atoms with Crippen molar-refractivity contribution in [3.8, 4) is 11.5 Å². The van der Waals surface area contributed by atoms with Gasteiger partial charge < -0.3 is 18.6 Å². The summed E-state index contributed by atoms with van der Waals surface area (Å²) in [5.74, 6) is 0.0822. The predicted octanol–water partition coefficient (Wildman–Crippen LogP) is 3.76. The van der Waals surface area contributed by atoms with Crippen LogP contribution in [0.15, 0.2) is 41.3 Å². The van der Waals surface area contributed by atoms with Crippen LogP contribution in [0.25, 0.3) is 0 Å². The van der Waals surface area contributed by atoms with Crippen LogP contribution < -0.4 is 8.92 Å². The summed E-state index contributed by atoms with van der Waals surface area (Å²) >= 11 is 11.8. The van der Waals surface area contributed by atoms with E-state index in [1.165, 1.54) is 38.3 Å². The summed E-state index contributed by atoms with van der Waals surface area (Å²) in [5.41, 5.74) is 0.663. The van der Waals surface area contributed by atoms with Crippen molar-refractivity contribution in [2.24, 2.45) is 0 Å². The van der Waals surface area contributed by atoms with Gasteiger partial charge in [0.1, 0.15) is 4.90 Å². The van der Waals surface area contributed by atoms with E-state index in [4.69, 9.17) is 36.9 Å². The average molecular weight is 462 g/mol. The number of hydrogen-bond donors (Lipinski definition) is 0. The second-order valence-electron chi connectivity index (χ2n) is 6.03. The third-order valence-electron chi connectivity index (χ3n) is 3.99. The van der Waals surface area contributed by atoms with E-state index < -0.39 is 10.1 Å². The minimum atomic E-state index is -4.18. The molecule has 10 heteroatoms. The maximum absolute atomic E-state index is 12.7. The van der Waals surface area contributed by atoms with Crippen molar-refractivity contribution in [1.29, 1.82) is 0 Å². The molecule has 2 aromatic carbocycles. The SMILES string of the molecule is COCCN(Cc1ccc(OC)c(OS(=O)(=O)c2ccc(Cl)c(Cl)c2)c1)C(C)=O. The van der Waals surface area contributed by atoms with Gasteiger partial charge in [-0.15, -0.1) is 0 Å². The molecule has 2 aromatic rings. The summed E-state index contributed by atoms with van der Waals surface area (Å²) in [6, 6.07) is 8.68. The van der Waals surface area contributed by atoms with E-state index in [1.807, 2.05) is 0 Å². The molecule has 2 rings (SSSR count). The molecular formula is C19H21Cl2NO6S. The van der Waals surface area contributed by atoms with Crippen molar-refractivity contribution in [2.75, 3.05) is 27.4 Å². The van der Waals surface area contributed by atoms with Gasteiger partial charge in [-0.3, -0.25) is 4.79 Å². The molecule has 0 N–H and O–H groups in total. The Balaban J connectivity index is 2.32. The third-order valence-corrected chi connectivity index (χ3v) is 5.96. The van der Waals surface area contributed by atoms with Crippen LogP contribution in [0.2, 0.25) is 10.0 Å². The van der Waals surface area contributed by atoms with Gasteiger partial charge >= 0.3 is 10.1 Å². The van der Waals surface area contributed by atoms with E-state index in [2.05, 4.69) is 0 Å². The van der Waals surface area contributed by atoms with Crippen molar-refractivity contribution in [3.05, 3.63) is 52.0 Å². The van der Waals surface area contributed by atoms with Crippen LogP contribution in [0.5, 0.6) is 11.5 Å². The van der Waals surface area contributed by atoms with E-state index in [0.717, 1.165) is 0 Å². The Morgan fingerprint density at radius 1 is 1.03 bits per heavy atom. The average Bonchev–Trinajstić information content (AvgIpc) is 2.66. The van der Waals surface area contributed by atoms with Crippen LogP contribution in [0.1, 0.15) is 12.5 Å². The zero-order valence-electron chi connectivity index (χ0n) is 16.1. The van der Waals surface area contributed by atoms with Gasteiger partial charge in [-0.1, -0.05) is 29.3 Å². The molecule has 0 radical (unpaired) electrons. The molecule has 0 atom stereocenters. The van der Waals surface area contributed by atoms with Gasteiger partial charge in [-0.25, -0.2) is 0 Å². The van der Waals surface area contributed by atoms with Gasteiger partial charge in [0.15, 0.2) is 11.5 Å². The maximum Gasteiger partial charge on any atom is 0.339 e. The number of methoxy groups -OCH3 is 2. The summed E-state index contributed by atoms with van der Waals surface area (Å²) in [6.45, 7) is 2.48.